The lowest BCUT2D eigenvalue weighted by molar-refractivity contribution is 0.0933. The molecular weight excluding hydrogens is 235 g/mol. The van der Waals surface area contributed by atoms with Crippen LogP contribution in [0.15, 0.2) is 30.7 Å². The van der Waals surface area contributed by atoms with E-state index in [1.807, 2.05) is 6.92 Å². The smallest absolute Gasteiger partial charge is 0.252 e. The maximum atomic E-state index is 12.9. The first-order valence-electron chi connectivity index (χ1n) is 5.62. The van der Waals surface area contributed by atoms with Crippen LogP contribution in [0.4, 0.5) is 4.39 Å². The molecule has 0 aliphatic heterocycles. The van der Waals surface area contributed by atoms with Crippen LogP contribution in [0.1, 0.15) is 35.6 Å². The molecule has 0 aromatic carbocycles. The van der Waals surface area contributed by atoms with Crippen molar-refractivity contribution >= 4 is 5.91 Å². The molecule has 2 N–H and O–H groups in total. The van der Waals surface area contributed by atoms with Crippen LogP contribution in [0.2, 0.25) is 0 Å². The quantitative estimate of drug-likeness (QED) is 0.811. The minimum atomic E-state index is -0.673. The van der Waals surface area contributed by atoms with E-state index in [2.05, 4.69) is 20.3 Å². The first-order chi connectivity index (χ1) is 8.70. The summed E-state index contributed by atoms with van der Waals surface area (Å²) in [5.41, 5.74) is 0.243. The first kappa shape index (κ1) is 12.2. The minimum Gasteiger partial charge on any atom is -0.347 e. The van der Waals surface area contributed by atoms with Crippen molar-refractivity contribution in [2.45, 2.75) is 19.4 Å². The Kier molecular flexibility index (Phi) is 3.66. The van der Waals surface area contributed by atoms with Crippen LogP contribution < -0.4 is 5.32 Å². The number of H-pyrrole nitrogens is 1. The standard InChI is InChI=1S/C12H13FN4O/c1-2-9(11-15-5-6-16-11)17-12(18)8-3-4-14-10(13)7-8/h3-7,9H,2H2,1H3,(H,15,16)(H,17,18). The number of aromatic nitrogens is 3. The summed E-state index contributed by atoms with van der Waals surface area (Å²) in [6, 6.07) is 2.35. The predicted octanol–water partition coefficient (Wildman–Crippen LogP) is 1.82. The Bertz CT molecular complexity index is 527. The summed E-state index contributed by atoms with van der Waals surface area (Å²) in [5, 5.41) is 2.79. The van der Waals surface area contributed by atoms with Crippen LogP contribution in [0.5, 0.6) is 0 Å². The molecule has 2 aromatic rings. The summed E-state index contributed by atoms with van der Waals surface area (Å²) in [7, 11) is 0. The van der Waals surface area contributed by atoms with Crippen LogP contribution in [-0.2, 0) is 0 Å². The van der Waals surface area contributed by atoms with Crippen molar-refractivity contribution in [3.8, 4) is 0 Å². The Morgan fingerprint density at radius 2 is 2.33 bits per heavy atom. The van der Waals surface area contributed by atoms with Gasteiger partial charge in [-0.3, -0.25) is 4.79 Å². The van der Waals surface area contributed by atoms with Crippen molar-refractivity contribution in [1.82, 2.24) is 20.3 Å². The van der Waals surface area contributed by atoms with E-state index >= 15 is 0 Å². The molecule has 0 spiro atoms. The van der Waals surface area contributed by atoms with Gasteiger partial charge in [-0.2, -0.15) is 4.39 Å². The number of carbonyl (C=O) groups excluding carboxylic acids is 1. The lowest BCUT2D eigenvalue weighted by Gasteiger charge is -2.14. The van der Waals surface area contributed by atoms with Gasteiger partial charge in [0.1, 0.15) is 5.82 Å². The molecule has 1 atom stereocenters. The van der Waals surface area contributed by atoms with Gasteiger partial charge in [0.15, 0.2) is 0 Å². The molecule has 6 heteroatoms. The van der Waals surface area contributed by atoms with Gasteiger partial charge >= 0.3 is 0 Å². The second kappa shape index (κ2) is 5.39. The average Bonchev–Trinajstić information content (AvgIpc) is 2.89. The van der Waals surface area contributed by atoms with Gasteiger partial charge in [-0.1, -0.05) is 6.92 Å². The van der Waals surface area contributed by atoms with Crippen LogP contribution in [0.25, 0.3) is 0 Å². The predicted molar refractivity (Wildman–Crippen MR) is 63.3 cm³/mol. The highest BCUT2D eigenvalue weighted by Crippen LogP contribution is 2.12. The number of rotatable bonds is 4. The van der Waals surface area contributed by atoms with Gasteiger partial charge in [0.25, 0.3) is 5.91 Å². The highest BCUT2D eigenvalue weighted by molar-refractivity contribution is 5.94. The van der Waals surface area contributed by atoms with Crippen molar-refractivity contribution in [3.05, 3.63) is 48.1 Å². The molecular formula is C12H13FN4O. The number of carbonyl (C=O) groups is 1. The van der Waals surface area contributed by atoms with Crippen molar-refractivity contribution in [2.24, 2.45) is 0 Å². The van der Waals surface area contributed by atoms with E-state index in [-0.39, 0.29) is 17.5 Å². The largest absolute Gasteiger partial charge is 0.347 e. The zero-order valence-electron chi connectivity index (χ0n) is 9.85. The molecule has 94 valence electrons. The zero-order chi connectivity index (χ0) is 13.0. The summed E-state index contributed by atoms with van der Waals surface area (Å²) < 4.78 is 12.9. The summed E-state index contributed by atoms with van der Waals surface area (Å²) in [5.74, 6) is -0.339. The third-order valence-electron chi connectivity index (χ3n) is 2.55. The molecule has 1 unspecified atom stereocenters. The maximum absolute atomic E-state index is 12.9. The fourth-order valence-corrected chi connectivity index (χ4v) is 1.62. The summed E-state index contributed by atoms with van der Waals surface area (Å²) in [6.07, 6.45) is 5.26. The molecule has 1 amide bonds. The van der Waals surface area contributed by atoms with E-state index in [1.54, 1.807) is 12.4 Å². The highest BCUT2D eigenvalue weighted by Gasteiger charge is 2.16. The number of pyridine rings is 1. The van der Waals surface area contributed by atoms with E-state index in [9.17, 15) is 9.18 Å². The number of hydrogen-bond acceptors (Lipinski definition) is 3. The number of nitrogens with one attached hydrogen (secondary N) is 2. The van der Waals surface area contributed by atoms with Crippen LogP contribution in [0.3, 0.4) is 0 Å². The Morgan fingerprint density at radius 3 is 2.94 bits per heavy atom. The molecule has 5 nitrogen and oxygen atoms in total. The van der Waals surface area contributed by atoms with E-state index in [0.717, 1.165) is 6.07 Å². The molecule has 0 aliphatic carbocycles. The van der Waals surface area contributed by atoms with E-state index < -0.39 is 5.95 Å². The maximum Gasteiger partial charge on any atom is 0.252 e. The lowest BCUT2D eigenvalue weighted by atomic mass is 10.2. The number of halogens is 1. The number of imidazole rings is 1. The fraction of sp³-hybridized carbons (Fsp3) is 0.250. The normalized spacial score (nSPS) is 12.1. The molecule has 2 aromatic heterocycles. The van der Waals surface area contributed by atoms with E-state index in [0.29, 0.717) is 12.2 Å². The third-order valence-corrected chi connectivity index (χ3v) is 2.55. The SMILES string of the molecule is CCC(NC(=O)c1ccnc(F)c1)c1ncc[nH]1. The van der Waals surface area contributed by atoms with Gasteiger partial charge in [0.05, 0.1) is 6.04 Å². The van der Waals surface area contributed by atoms with Crippen molar-refractivity contribution in [3.63, 3.8) is 0 Å². The average molecular weight is 248 g/mol. The van der Waals surface area contributed by atoms with Gasteiger partial charge in [-0.15, -0.1) is 0 Å². The third kappa shape index (κ3) is 2.71. The van der Waals surface area contributed by atoms with Crippen molar-refractivity contribution < 1.29 is 9.18 Å². The molecule has 0 radical (unpaired) electrons. The van der Waals surface area contributed by atoms with Gasteiger partial charge in [-0.05, 0) is 12.5 Å². The second-order valence-corrected chi connectivity index (χ2v) is 3.78. The number of nitrogens with zero attached hydrogens (tertiary/aromatic N) is 2. The van der Waals surface area contributed by atoms with Gasteiger partial charge in [0.2, 0.25) is 5.95 Å². The molecule has 0 saturated heterocycles. The Balaban J connectivity index is 2.11. The summed E-state index contributed by atoms with van der Waals surface area (Å²) >= 11 is 0. The Morgan fingerprint density at radius 1 is 1.50 bits per heavy atom. The molecule has 2 rings (SSSR count). The van der Waals surface area contributed by atoms with Crippen LogP contribution >= 0.6 is 0 Å². The van der Waals surface area contributed by atoms with E-state index in [4.69, 9.17) is 0 Å². The molecule has 0 aliphatic rings. The topological polar surface area (TPSA) is 70.7 Å². The first-order valence-corrected chi connectivity index (χ1v) is 5.62. The Hall–Kier alpha value is -2.24. The molecule has 18 heavy (non-hydrogen) atoms. The lowest BCUT2D eigenvalue weighted by Crippen LogP contribution is -2.29. The molecule has 0 bridgehead atoms. The number of aromatic amines is 1. The monoisotopic (exact) mass is 248 g/mol. The Labute approximate surface area is 103 Å². The van der Waals surface area contributed by atoms with Crippen LogP contribution in [0, 0.1) is 5.95 Å². The fourth-order valence-electron chi connectivity index (χ4n) is 1.62. The molecule has 2 heterocycles. The summed E-state index contributed by atoms with van der Waals surface area (Å²) in [4.78, 5) is 22.4. The van der Waals surface area contributed by atoms with Gasteiger partial charge in [0, 0.05) is 30.2 Å². The highest BCUT2D eigenvalue weighted by atomic mass is 19.1. The number of hydrogen-bond donors (Lipinski definition) is 2. The van der Waals surface area contributed by atoms with Gasteiger partial charge in [-0.25, -0.2) is 9.97 Å². The van der Waals surface area contributed by atoms with Crippen LogP contribution in [-0.4, -0.2) is 20.9 Å². The van der Waals surface area contributed by atoms with Crippen molar-refractivity contribution in [2.75, 3.05) is 0 Å². The number of amides is 1. The molecule has 0 saturated carbocycles. The van der Waals surface area contributed by atoms with E-state index in [1.165, 1.54) is 12.3 Å². The second-order valence-electron chi connectivity index (χ2n) is 3.78. The van der Waals surface area contributed by atoms with Gasteiger partial charge < -0.3 is 10.3 Å². The minimum absolute atomic E-state index is 0.219. The summed E-state index contributed by atoms with van der Waals surface area (Å²) in [6.45, 7) is 1.93. The molecule has 0 fully saturated rings. The zero-order valence-corrected chi connectivity index (χ0v) is 9.85. The van der Waals surface area contributed by atoms with Crippen molar-refractivity contribution in [1.29, 1.82) is 0 Å².